The molecule has 102 valence electrons. The predicted octanol–water partition coefficient (Wildman–Crippen LogP) is 5.38. The number of nitrogens with zero attached hydrogens (tertiary/aromatic N) is 1. The van der Waals surface area contributed by atoms with Crippen molar-refractivity contribution >= 4 is 33.2 Å². The molecule has 0 radical (unpaired) electrons. The number of nitriles is 1. The molecule has 4 heteroatoms. The van der Waals surface area contributed by atoms with Gasteiger partial charge in [-0.2, -0.15) is 5.26 Å². The third-order valence-corrected chi connectivity index (χ3v) is 5.16. The van der Waals surface area contributed by atoms with E-state index in [2.05, 4.69) is 34.2 Å². The van der Waals surface area contributed by atoms with E-state index in [-0.39, 0.29) is 0 Å². The quantitative estimate of drug-likeness (QED) is 0.801. The molecule has 0 bridgehead atoms. The molecule has 2 rings (SSSR count). The monoisotopic (exact) mass is 340 g/mol. The third kappa shape index (κ3) is 3.43. The maximum Gasteiger partial charge on any atom is 0.125 e. The first-order valence-corrected chi connectivity index (χ1v) is 7.90. The first-order valence-electron chi connectivity index (χ1n) is 6.73. The number of rotatable bonds is 3. The van der Waals surface area contributed by atoms with Gasteiger partial charge in [-0.15, -0.1) is 0 Å². The summed E-state index contributed by atoms with van der Waals surface area (Å²) in [5.74, 6) is 0.650. The second kappa shape index (κ2) is 6.15. The molecule has 1 aromatic carbocycles. The fraction of sp³-hybridized carbons (Fsp3) is 0.533. The number of benzene rings is 1. The lowest BCUT2D eigenvalue weighted by Gasteiger charge is -2.37. The Bertz CT molecular complexity index is 497. The Labute approximate surface area is 128 Å². The van der Waals surface area contributed by atoms with Crippen LogP contribution in [0.15, 0.2) is 22.7 Å². The Morgan fingerprint density at radius 2 is 2.37 bits per heavy atom. The Kier molecular flexibility index (Phi) is 4.76. The van der Waals surface area contributed by atoms with Gasteiger partial charge < -0.3 is 5.32 Å². The molecule has 2 nitrogen and oxygen atoms in total. The topological polar surface area (TPSA) is 35.8 Å². The van der Waals surface area contributed by atoms with Crippen molar-refractivity contribution in [2.75, 3.05) is 5.32 Å². The van der Waals surface area contributed by atoms with Crippen LogP contribution in [0.2, 0.25) is 5.02 Å². The van der Waals surface area contributed by atoms with Crippen LogP contribution in [0, 0.1) is 17.2 Å². The molecule has 1 fully saturated rings. The van der Waals surface area contributed by atoms with E-state index in [0.29, 0.717) is 10.9 Å². The van der Waals surface area contributed by atoms with Crippen molar-refractivity contribution in [3.8, 4) is 6.07 Å². The van der Waals surface area contributed by atoms with Crippen molar-refractivity contribution in [2.24, 2.45) is 5.92 Å². The smallest absolute Gasteiger partial charge is 0.125 e. The van der Waals surface area contributed by atoms with Crippen molar-refractivity contribution < 1.29 is 0 Å². The first-order chi connectivity index (χ1) is 9.08. The molecule has 1 aromatic rings. The summed E-state index contributed by atoms with van der Waals surface area (Å²) in [5, 5.41) is 13.7. The highest BCUT2D eigenvalue weighted by Crippen LogP contribution is 2.37. The summed E-state index contributed by atoms with van der Waals surface area (Å²) in [6, 6.07) is 8.23. The zero-order chi connectivity index (χ0) is 13.9. The standard InChI is InChI=1S/C15H18BrClN2/c1-2-11-4-3-7-15(9-11,10-18)19-12-5-6-14(17)13(16)8-12/h5-6,8,11,19H,2-4,7,9H2,1H3. The molecule has 2 unspecified atom stereocenters. The maximum absolute atomic E-state index is 9.59. The van der Waals surface area contributed by atoms with Crippen LogP contribution in [0.3, 0.4) is 0 Å². The lowest BCUT2D eigenvalue weighted by atomic mass is 9.75. The van der Waals surface area contributed by atoms with Crippen LogP contribution < -0.4 is 5.32 Å². The van der Waals surface area contributed by atoms with Crippen molar-refractivity contribution in [1.29, 1.82) is 5.26 Å². The summed E-state index contributed by atoms with van der Waals surface area (Å²) in [5.41, 5.74) is 0.529. The van der Waals surface area contributed by atoms with Crippen molar-refractivity contribution in [3.05, 3.63) is 27.7 Å². The molecule has 0 amide bonds. The third-order valence-electron chi connectivity index (χ3n) is 3.95. The minimum Gasteiger partial charge on any atom is -0.367 e. The molecular formula is C15H18BrClN2. The van der Waals surface area contributed by atoms with Crippen LogP contribution in [0.25, 0.3) is 0 Å². The van der Waals surface area contributed by atoms with Gasteiger partial charge in [0.1, 0.15) is 5.54 Å². The molecule has 0 aliphatic heterocycles. The Balaban J connectivity index is 2.18. The molecule has 19 heavy (non-hydrogen) atoms. The molecule has 1 saturated carbocycles. The molecule has 1 aliphatic rings. The zero-order valence-electron chi connectivity index (χ0n) is 11.0. The van der Waals surface area contributed by atoms with Gasteiger partial charge in [-0.1, -0.05) is 31.4 Å². The highest BCUT2D eigenvalue weighted by Gasteiger charge is 2.35. The maximum atomic E-state index is 9.59. The van der Waals surface area contributed by atoms with E-state index >= 15 is 0 Å². The van der Waals surface area contributed by atoms with E-state index in [1.807, 2.05) is 18.2 Å². The van der Waals surface area contributed by atoms with E-state index in [9.17, 15) is 5.26 Å². The summed E-state index contributed by atoms with van der Waals surface area (Å²) in [6.07, 6.45) is 5.36. The summed E-state index contributed by atoms with van der Waals surface area (Å²) >= 11 is 9.42. The van der Waals surface area contributed by atoms with Crippen molar-refractivity contribution in [2.45, 2.75) is 44.6 Å². The van der Waals surface area contributed by atoms with E-state index in [4.69, 9.17) is 11.6 Å². The summed E-state index contributed by atoms with van der Waals surface area (Å²) in [4.78, 5) is 0. The fourth-order valence-electron chi connectivity index (χ4n) is 2.83. The molecular weight excluding hydrogens is 324 g/mol. The zero-order valence-corrected chi connectivity index (χ0v) is 13.4. The van der Waals surface area contributed by atoms with Crippen LogP contribution in [0.5, 0.6) is 0 Å². The van der Waals surface area contributed by atoms with Gasteiger partial charge in [-0.25, -0.2) is 0 Å². The van der Waals surface area contributed by atoms with Gasteiger partial charge in [-0.3, -0.25) is 0 Å². The molecule has 0 spiro atoms. The minimum absolute atomic E-state index is 0.424. The van der Waals surface area contributed by atoms with Crippen LogP contribution in [-0.4, -0.2) is 5.54 Å². The second-order valence-electron chi connectivity index (χ2n) is 5.32. The van der Waals surface area contributed by atoms with Crippen molar-refractivity contribution in [1.82, 2.24) is 0 Å². The van der Waals surface area contributed by atoms with Gasteiger partial charge in [0.15, 0.2) is 0 Å². The number of nitrogens with one attached hydrogen (secondary N) is 1. The van der Waals surface area contributed by atoms with Crippen LogP contribution in [0.4, 0.5) is 5.69 Å². The van der Waals surface area contributed by atoms with Gasteiger partial charge >= 0.3 is 0 Å². The highest BCUT2D eigenvalue weighted by atomic mass is 79.9. The Hall–Kier alpha value is -0.720. The number of hydrogen-bond donors (Lipinski definition) is 1. The Morgan fingerprint density at radius 1 is 1.58 bits per heavy atom. The van der Waals surface area contributed by atoms with Gasteiger partial charge in [0.25, 0.3) is 0 Å². The van der Waals surface area contributed by atoms with Gasteiger partial charge in [-0.05, 0) is 59.3 Å². The van der Waals surface area contributed by atoms with Gasteiger partial charge in [0.2, 0.25) is 0 Å². The average molecular weight is 342 g/mol. The van der Waals surface area contributed by atoms with E-state index in [1.165, 1.54) is 6.42 Å². The molecule has 0 saturated heterocycles. The molecule has 1 N–H and O–H groups in total. The van der Waals surface area contributed by atoms with Crippen LogP contribution in [-0.2, 0) is 0 Å². The van der Waals surface area contributed by atoms with E-state index < -0.39 is 5.54 Å². The number of halogens is 2. The fourth-order valence-corrected chi connectivity index (χ4v) is 3.33. The highest BCUT2D eigenvalue weighted by molar-refractivity contribution is 9.10. The lowest BCUT2D eigenvalue weighted by Crippen LogP contribution is -2.41. The lowest BCUT2D eigenvalue weighted by molar-refractivity contribution is 0.283. The largest absolute Gasteiger partial charge is 0.367 e. The normalized spacial score (nSPS) is 26.7. The second-order valence-corrected chi connectivity index (χ2v) is 6.58. The van der Waals surface area contributed by atoms with Crippen molar-refractivity contribution in [3.63, 3.8) is 0 Å². The molecule has 0 aromatic heterocycles. The molecule has 2 atom stereocenters. The van der Waals surface area contributed by atoms with Crippen LogP contribution >= 0.6 is 27.5 Å². The summed E-state index contributed by atoms with van der Waals surface area (Å²) in [6.45, 7) is 2.21. The number of hydrogen-bond acceptors (Lipinski definition) is 2. The first kappa shape index (κ1) is 14.7. The Morgan fingerprint density at radius 3 is 3.00 bits per heavy atom. The van der Waals surface area contributed by atoms with E-state index in [1.54, 1.807) is 0 Å². The summed E-state index contributed by atoms with van der Waals surface area (Å²) < 4.78 is 0.857. The molecule has 0 heterocycles. The summed E-state index contributed by atoms with van der Waals surface area (Å²) in [7, 11) is 0. The SMILES string of the molecule is CCC1CCCC(C#N)(Nc2ccc(Cl)c(Br)c2)C1. The van der Waals surface area contributed by atoms with Gasteiger partial charge in [0, 0.05) is 10.2 Å². The van der Waals surface area contributed by atoms with Crippen LogP contribution in [0.1, 0.15) is 39.0 Å². The van der Waals surface area contributed by atoms with E-state index in [0.717, 1.165) is 35.8 Å². The van der Waals surface area contributed by atoms with Gasteiger partial charge in [0.05, 0.1) is 11.1 Å². The molecule has 1 aliphatic carbocycles. The average Bonchev–Trinajstić information content (AvgIpc) is 2.43. The minimum atomic E-state index is -0.424. The number of anilines is 1. The predicted molar refractivity (Wildman–Crippen MR) is 83.4 cm³/mol.